The molecule has 31 heavy (non-hydrogen) atoms. The molecule has 0 spiro atoms. The standard InChI is InChI=1S/C23H21FN4O3/c1-15-5-7-16(8-6-15)12-25-20(30)13-27-9-10-28-22(23(27)31)19(14-29)21(26-28)17-3-2-4-18(24)11-17/h2-11,29H,12-14H2,1H3,(H,25,30). The van der Waals surface area contributed by atoms with E-state index in [1.807, 2.05) is 31.2 Å². The molecule has 0 bridgehead atoms. The molecule has 0 atom stereocenters. The highest BCUT2D eigenvalue weighted by Gasteiger charge is 2.18. The van der Waals surface area contributed by atoms with Gasteiger partial charge in [-0.1, -0.05) is 42.0 Å². The third-order valence-electron chi connectivity index (χ3n) is 5.04. The number of aromatic nitrogens is 3. The first kappa shape index (κ1) is 20.5. The summed E-state index contributed by atoms with van der Waals surface area (Å²) in [6.45, 7) is 1.72. The average Bonchev–Trinajstić information content (AvgIpc) is 3.15. The highest BCUT2D eigenvalue weighted by Crippen LogP contribution is 2.25. The van der Waals surface area contributed by atoms with E-state index in [1.54, 1.807) is 6.07 Å². The van der Waals surface area contributed by atoms with Crippen LogP contribution in [0.2, 0.25) is 0 Å². The fourth-order valence-electron chi connectivity index (χ4n) is 3.41. The highest BCUT2D eigenvalue weighted by atomic mass is 19.1. The van der Waals surface area contributed by atoms with E-state index in [4.69, 9.17) is 0 Å². The predicted octanol–water partition coefficient (Wildman–Crippen LogP) is 2.42. The third-order valence-corrected chi connectivity index (χ3v) is 5.04. The van der Waals surface area contributed by atoms with Crippen molar-refractivity contribution < 1.29 is 14.3 Å². The Morgan fingerprint density at radius 1 is 1.16 bits per heavy atom. The Hall–Kier alpha value is -3.78. The van der Waals surface area contributed by atoms with Crippen molar-refractivity contribution in [1.82, 2.24) is 19.5 Å². The number of aryl methyl sites for hydroxylation is 1. The van der Waals surface area contributed by atoms with E-state index in [1.165, 1.54) is 39.7 Å². The zero-order valence-corrected chi connectivity index (χ0v) is 16.9. The van der Waals surface area contributed by atoms with E-state index in [2.05, 4.69) is 10.4 Å². The third kappa shape index (κ3) is 4.24. The molecular weight excluding hydrogens is 399 g/mol. The molecule has 0 aliphatic carbocycles. The Morgan fingerprint density at radius 3 is 2.65 bits per heavy atom. The minimum Gasteiger partial charge on any atom is -0.392 e. The lowest BCUT2D eigenvalue weighted by molar-refractivity contribution is -0.121. The topological polar surface area (TPSA) is 88.6 Å². The van der Waals surface area contributed by atoms with Crippen molar-refractivity contribution in [3.05, 3.63) is 93.8 Å². The summed E-state index contributed by atoms with van der Waals surface area (Å²) in [5.41, 5.74) is 2.83. The van der Waals surface area contributed by atoms with Crippen LogP contribution < -0.4 is 10.9 Å². The molecule has 4 rings (SSSR count). The number of carbonyl (C=O) groups is 1. The lowest BCUT2D eigenvalue weighted by Crippen LogP contribution is -2.32. The van der Waals surface area contributed by atoms with Crippen molar-refractivity contribution in [3.8, 4) is 11.3 Å². The van der Waals surface area contributed by atoms with E-state index in [9.17, 15) is 19.1 Å². The molecule has 0 fully saturated rings. The van der Waals surface area contributed by atoms with E-state index in [0.29, 0.717) is 17.8 Å². The van der Waals surface area contributed by atoms with Crippen LogP contribution in [0.1, 0.15) is 16.7 Å². The van der Waals surface area contributed by atoms with E-state index >= 15 is 0 Å². The quantitative estimate of drug-likeness (QED) is 0.501. The number of hydrogen-bond donors (Lipinski definition) is 2. The molecule has 2 heterocycles. The molecule has 0 aliphatic rings. The van der Waals surface area contributed by atoms with Crippen molar-refractivity contribution in [1.29, 1.82) is 0 Å². The molecule has 1 amide bonds. The second kappa shape index (κ2) is 8.53. The lowest BCUT2D eigenvalue weighted by atomic mass is 10.1. The molecule has 4 aromatic rings. The van der Waals surface area contributed by atoms with E-state index < -0.39 is 18.0 Å². The molecular formula is C23H21FN4O3. The Balaban J connectivity index is 1.60. The van der Waals surface area contributed by atoms with Crippen molar-refractivity contribution in [2.75, 3.05) is 0 Å². The molecule has 0 radical (unpaired) electrons. The van der Waals surface area contributed by atoms with E-state index in [-0.39, 0.29) is 23.5 Å². The summed E-state index contributed by atoms with van der Waals surface area (Å²) in [5.74, 6) is -0.761. The van der Waals surface area contributed by atoms with Crippen molar-refractivity contribution in [2.45, 2.75) is 26.6 Å². The van der Waals surface area contributed by atoms with Gasteiger partial charge in [-0.2, -0.15) is 5.10 Å². The van der Waals surface area contributed by atoms with Crippen molar-refractivity contribution >= 4 is 11.4 Å². The van der Waals surface area contributed by atoms with Crippen LogP contribution in [0, 0.1) is 12.7 Å². The minimum atomic E-state index is -0.466. The summed E-state index contributed by atoms with van der Waals surface area (Å²) < 4.78 is 16.2. The van der Waals surface area contributed by atoms with Gasteiger partial charge in [-0.15, -0.1) is 0 Å². The van der Waals surface area contributed by atoms with Gasteiger partial charge in [0.15, 0.2) is 0 Å². The Kier molecular flexibility index (Phi) is 5.64. The molecule has 0 unspecified atom stereocenters. The normalized spacial score (nSPS) is 11.1. The maximum absolute atomic E-state index is 13.6. The van der Waals surface area contributed by atoms with Crippen LogP contribution in [-0.4, -0.2) is 25.2 Å². The largest absolute Gasteiger partial charge is 0.392 e. The molecule has 8 heteroatoms. The SMILES string of the molecule is Cc1ccc(CNC(=O)Cn2ccn3nc(-c4cccc(F)c4)c(CO)c3c2=O)cc1. The summed E-state index contributed by atoms with van der Waals surface area (Å²) in [7, 11) is 0. The van der Waals surface area contributed by atoms with Crippen LogP contribution in [0.15, 0.2) is 65.7 Å². The number of carbonyl (C=O) groups excluding carboxylic acids is 1. The summed E-state index contributed by atoms with van der Waals surface area (Å²) in [6.07, 6.45) is 3.00. The van der Waals surface area contributed by atoms with Crippen LogP contribution in [-0.2, 0) is 24.5 Å². The molecule has 7 nitrogen and oxygen atoms in total. The van der Waals surface area contributed by atoms with Crippen LogP contribution in [0.3, 0.4) is 0 Å². The Bertz CT molecular complexity index is 1310. The number of amides is 1. The zero-order chi connectivity index (χ0) is 22.0. The first-order valence-corrected chi connectivity index (χ1v) is 9.76. The van der Waals surface area contributed by atoms with Crippen LogP contribution in [0.4, 0.5) is 4.39 Å². The first-order chi connectivity index (χ1) is 15.0. The second-order valence-corrected chi connectivity index (χ2v) is 7.28. The molecule has 2 N–H and O–H groups in total. The first-order valence-electron chi connectivity index (χ1n) is 9.76. The fraction of sp³-hybridized carbons (Fsp3) is 0.174. The average molecular weight is 420 g/mol. The van der Waals surface area contributed by atoms with Gasteiger partial charge in [0.1, 0.15) is 17.9 Å². The summed E-state index contributed by atoms with van der Waals surface area (Å²) in [5, 5.41) is 17.0. The molecule has 2 aromatic heterocycles. The molecule has 0 aliphatic heterocycles. The van der Waals surface area contributed by atoms with E-state index in [0.717, 1.165) is 11.1 Å². The monoisotopic (exact) mass is 420 g/mol. The van der Waals surface area contributed by atoms with Gasteiger partial charge in [0.05, 0.1) is 12.3 Å². The Morgan fingerprint density at radius 2 is 1.94 bits per heavy atom. The number of nitrogens with one attached hydrogen (secondary N) is 1. The number of aliphatic hydroxyl groups excluding tert-OH is 1. The maximum Gasteiger partial charge on any atom is 0.277 e. The number of aliphatic hydroxyl groups is 1. The fourth-order valence-corrected chi connectivity index (χ4v) is 3.41. The van der Waals surface area contributed by atoms with Crippen LogP contribution in [0.5, 0.6) is 0 Å². The molecule has 0 saturated heterocycles. The van der Waals surface area contributed by atoms with Gasteiger partial charge in [0.25, 0.3) is 5.56 Å². The van der Waals surface area contributed by atoms with Gasteiger partial charge in [-0.25, -0.2) is 8.91 Å². The number of fused-ring (bicyclic) bond motifs is 1. The number of nitrogens with zero attached hydrogens (tertiary/aromatic N) is 3. The Labute approximate surface area is 177 Å². The number of hydrogen-bond acceptors (Lipinski definition) is 4. The zero-order valence-electron chi connectivity index (χ0n) is 16.9. The van der Waals surface area contributed by atoms with Gasteiger partial charge in [-0.3, -0.25) is 9.59 Å². The smallest absolute Gasteiger partial charge is 0.277 e. The highest BCUT2D eigenvalue weighted by molar-refractivity contribution is 5.76. The van der Waals surface area contributed by atoms with Crippen molar-refractivity contribution in [2.24, 2.45) is 0 Å². The van der Waals surface area contributed by atoms with Gasteiger partial charge >= 0.3 is 0 Å². The second-order valence-electron chi connectivity index (χ2n) is 7.28. The summed E-state index contributed by atoms with van der Waals surface area (Å²) in [4.78, 5) is 25.4. The maximum atomic E-state index is 13.6. The lowest BCUT2D eigenvalue weighted by Gasteiger charge is -2.08. The van der Waals surface area contributed by atoms with Gasteiger partial charge in [0.2, 0.25) is 5.91 Å². The number of benzene rings is 2. The van der Waals surface area contributed by atoms with Gasteiger partial charge < -0.3 is 15.0 Å². The summed E-state index contributed by atoms with van der Waals surface area (Å²) >= 11 is 0. The van der Waals surface area contributed by atoms with Gasteiger partial charge in [0, 0.05) is 30.1 Å². The molecule has 158 valence electrons. The predicted molar refractivity (Wildman–Crippen MR) is 114 cm³/mol. The number of halogens is 1. The number of rotatable bonds is 6. The summed E-state index contributed by atoms with van der Waals surface area (Å²) in [6, 6.07) is 13.6. The van der Waals surface area contributed by atoms with Crippen molar-refractivity contribution in [3.63, 3.8) is 0 Å². The molecule has 0 saturated carbocycles. The van der Waals surface area contributed by atoms with Crippen LogP contribution in [0.25, 0.3) is 16.8 Å². The van der Waals surface area contributed by atoms with Crippen LogP contribution >= 0.6 is 0 Å². The molecule has 2 aromatic carbocycles. The van der Waals surface area contributed by atoms with Gasteiger partial charge in [-0.05, 0) is 24.6 Å². The minimum absolute atomic E-state index is 0.149.